The number of rotatable bonds is 0. The van der Waals surface area contributed by atoms with E-state index < -0.39 is 11.9 Å². The number of aliphatic carboxylic acids is 2. The molecule has 4 nitrogen and oxygen atoms in total. The van der Waals surface area contributed by atoms with Gasteiger partial charge in [0.15, 0.2) is 0 Å². The molecule has 0 amide bonds. The van der Waals surface area contributed by atoms with Crippen molar-refractivity contribution in [2.24, 2.45) is 0 Å². The zero-order valence-corrected chi connectivity index (χ0v) is 7.30. The van der Waals surface area contributed by atoms with Gasteiger partial charge in [-0.15, -0.1) is 0 Å². The van der Waals surface area contributed by atoms with Crippen LogP contribution in [0.25, 0.3) is 0 Å². The molecule has 0 aromatic heterocycles. The van der Waals surface area contributed by atoms with E-state index in [0.717, 1.165) is 0 Å². The number of hydrogen-bond donors (Lipinski definition) is 0. The molecule has 0 aliphatic carbocycles. The van der Waals surface area contributed by atoms with Gasteiger partial charge in [-0.05, 0) is 0 Å². The first-order valence-corrected chi connectivity index (χ1v) is 1.07. The van der Waals surface area contributed by atoms with Gasteiger partial charge in [0.05, 0.1) is 11.9 Å². The molecule has 0 saturated carbocycles. The van der Waals surface area contributed by atoms with Gasteiger partial charge in [0.2, 0.25) is 0 Å². The summed E-state index contributed by atoms with van der Waals surface area (Å²) < 4.78 is 0. The molecule has 0 radical (unpaired) electrons. The Morgan fingerprint density at radius 1 is 1.00 bits per heavy atom. The summed E-state index contributed by atoms with van der Waals surface area (Å²) in [5.74, 6) is -4.37. The molecule has 5 heteroatoms. The van der Waals surface area contributed by atoms with E-state index in [4.69, 9.17) is 19.8 Å². The number of carbonyl (C=O) groups excluding carboxylic acids is 2. The Balaban J connectivity index is 0. The Morgan fingerprint density at radius 3 is 1.14 bits per heavy atom. The maximum absolute atomic E-state index is 8.93. The van der Waals surface area contributed by atoms with Crippen molar-refractivity contribution in [2.75, 3.05) is 0 Å². The third-order valence-electron chi connectivity index (χ3n) is 0.167. The first kappa shape index (κ1) is 10.1. The smallest absolute Gasteiger partial charge is 0.543 e. The van der Waals surface area contributed by atoms with Crippen molar-refractivity contribution in [2.45, 2.75) is 0 Å². The first-order chi connectivity index (χ1) is 2.64. The third kappa shape index (κ3) is 5.99. The van der Waals surface area contributed by atoms with Gasteiger partial charge in [-0.1, -0.05) is 0 Å². The number of carboxylic acid groups (broad SMARTS) is 2. The van der Waals surface area contributed by atoms with Crippen LogP contribution in [0.3, 0.4) is 0 Å². The third-order valence-corrected chi connectivity index (χ3v) is 0.167. The van der Waals surface area contributed by atoms with Crippen LogP contribution in [0.1, 0.15) is 0 Å². The molecule has 0 bridgehead atoms. The molecule has 0 saturated heterocycles. The van der Waals surface area contributed by atoms with Crippen LogP contribution in [0, 0.1) is 31.1 Å². The molecule has 0 rings (SSSR count). The molecule has 0 N–H and O–H groups in total. The monoisotopic (exact) mass is 326 g/mol. The van der Waals surface area contributed by atoms with E-state index in [1.54, 1.807) is 0 Å². The number of carboxylic acids is 2. The van der Waals surface area contributed by atoms with Crippen LogP contribution in [-0.2, 0) is 9.59 Å². The van der Waals surface area contributed by atoms with Crippen molar-refractivity contribution in [3.05, 3.63) is 0 Å². The average Bonchev–Trinajstić information content (AvgIpc) is 1.36. The summed E-state index contributed by atoms with van der Waals surface area (Å²) >= 11 is 0. The van der Waals surface area contributed by atoms with Gasteiger partial charge in [-0.3, -0.25) is 0 Å². The van der Waals surface area contributed by atoms with Gasteiger partial charge in [-0.25, -0.2) is 0 Å². The molecule has 0 spiro atoms. The fourth-order valence-corrected chi connectivity index (χ4v) is 0. The van der Waals surface area contributed by atoms with E-state index in [1.807, 2.05) is 0 Å². The minimum Gasteiger partial charge on any atom is -0.543 e. The predicted octanol–water partition coefficient (Wildman–Crippen LogP) is -3.51. The molecule has 0 aliphatic rings. The second kappa shape index (κ2) is 4.16. The number of hydrogen-bond acceptors (Lipinski definition) is 4. The van der Waals surface area contributed by atoms with Crippen molar-refractivity contribution in [3.63, 3.8) is 0 Å². The Labute approximate surface area is 62.9 Å². The van der Waals surface area contributed by atoms with E-state index in [9.17, 15) is 0 Å². The molecule has 0 atom stereocenters. The normalized spacial score (nSPS) is 6.29. The molecule has 0 aromatic carbocycles. The summed E-state index contributed by atoms with van der Waals surface area (Å²) in [4.78, 5) is 17.9. The van der Waals surface area contributed by atoms with Gasteiger partial charge in [-0.2, -0.15) is 0 Å². The molecule has 0 aromatic rings. The van der Waals surface area contributed by atoms with Crippen LogP contribution in [0.15, 0.2) is 0 Å². The van der Waals surface area contributed by atoms with E-state index >= 15 is 0 Å². The van der Waals surface area contributed by atoms with Crippen molar-refractivity contribution in [3.8, 4) is 0 Å². The maximum Gasteiger partial charge on any atom is 4.00 e. The minimum atomic E-state index is -2.19. The van der Waals surface area contributed by atoms with Gasteiger partial charge in [0.1, 0.15) is 0 Å². The fourth-order valence-electron chi connectivity index (χ4n) is 0. The summed E-state index contributed by atoms with van der Waals surface area (Å²) in [6.07, 6.45) is 0. The summed E-state index contributed by atoms with van der Waals surface area (Å²) in [6.45, 7) is 0. The van der Waals surface area contributed by atoms with Crippen LogP contribution in [0.5, 0.6) is 0 Å². The van der Waals surface area contributed by atoms with E-state index in [1.165, 1.54) is 0 Å². The summed E-state index contributed by atoms with van der Waals surface area (Å²) in [6, 6.07) is 0. The van der Waals surface area contributed by atoms with Crippen LogP contribution >= 0.6 is 0 Å². The summed E-state index contributed by atoms with van der Waals surface area (Å²) in [5.41, 5.74) is 0. The summed E-state index contributed by atoms with van der Waals surface area (Å²) in [7, 11) is 0. The topological polar surface area (TPSA) is 80.3 Å². The molecule has 0 heterocycles. The van der Waals surface area contributed by atoms with Crippen LogP contribution in [0.4, 0.5) is 0 Å². The van der Waals surface area contributed by atoms with Crippen LogP contribution in [-0.4, -0.2) is 11.9 Å². The molecule has 7 heavy (non-hydrogen) atoms. The largest absolute Gasteiger partial charge is 4.00 e. The van der Waals surface area contributed by atoms with E-state index in [2.05, 4.69) is 0 Å². The van der Waals surface area contributed by atoms with Crippen molar-refractivity contribution < 1.29 is 50.9 Å². The molecule has 0 aliphatic heterocycles. The quantitative estimate of drug-likeness (QED) is 0.433. The van der Waals surface area contributed by atoms with Gasteiger partial charge < -0.3 is 19.8 Å². The van der Waals surface area contributed by atoms with Gasteiger partial charge >= 0.3 is 31.1 Å². The standard InChI is InChI=1S/C2H2O4.U/c3-1(4)2(5)6;/h(H,3,4)(H,5,6);/q;+4/p-2. The van der Waals surface area contributed by atoms with Crippen molar-refractivity contribution in [1.29, 1.82) is 0 Å². The summed E-state index contributed by atoms with van der Waals surface area (Å²) in [5, 5.41) is 17.9. The molecule has 34 valence electrons. The van der Waals surface area contributed by atoms with Crippen molar-refractivity contribution >= 4 is 11.9 Å². The zero-order valence-electron chi connectivity index (χ0n) is 3.13. The first-order valence-electron chi connectivity index (χ1n) is 1.07. The average molecular weight is 326 g/mol. The van der Waals surface area contributed by atoms with Crippen molar-refractivity contribution in [1.82, 2.24) is 0 Å². The molecular formula is C2O4U+2. The van der Waals surface area contributed by atoms with E-state index in [0.29, 0.717) is 0 Å². The Bertz CT molecular complexity index is 75.7. The fraction of sp³-hybridized carbons (Fsp3) is 0. The maximum atomic E-state index is 8.93. The van der Waals surface area contributed by atoms with Gasteiger partial charge in [0.25, 0.3) is 0 Å². The predicted molar refractivity (Wildman–Crippen MR) is 10.0 cm³/mol. The molecule has 0 unspecified atom stereocenters. The van der Waals surface area contributed by atoms with Gasteiger partial charge in [0, 0.05) is 0 Å². The van der Waals surface area contributed by atoms with E-state index in [-0.39, 0.29) is 31.1 Å². The van der Waals surface area contributed by atoms with Crippen LogP contribution < -0.4 is 10.2 Å². The Kier molecular flexibility index (Phi) is 5.99. The Hall–Kier alpha value is -0.00805. The molecular weight excluding hydrogens is 326 g/mol. The molecule has 0 fully saturated rings. The Morgan fingerprint density at radius 2 is 1.14 bits per heavy atom. The minimum absolute atomic E-state index is 0. The van der Waals surface area contributed by atoms with Crippen LogP contribution in [0.2, 0.25) is 0 Å². The SMILES string of the molecule is O=C([O-])C(=O)[O-].[U+4]. The second-order valence-electron chi connectivity index (χ2n) is 0.575. The zero-order chi connectivity index (χ0) is 5.15. The second-order valence-corrected chi connectivity index (χ2v) is 0.575. The number of carbonyl (C=O) groups is 2.